The van der Waals surface area contributed by atoms with Crippen LogP contribution in [0.3, 0.4) is 0 Å². The number of nitrogens with zero attached hydrogens (tertiary/aromatic N) is 1. The van der Waals surface area contributed by atoms with Gasteiger partial charge in [-0.05, 0) is 19.9 Å². The van der Waals surface area contributed by atoms with Gasteiger partial charge in [0.25, 0.3) is 0 Å². The van der Waals surface area contributed by atoms with Gasteiger partial charge in [-0.15, -0.1) is 0 Å². The second-order valence-electron chi connectivity index (χ2n) is 4.12. The summed E-state index contributed by atoms with van der Waals surface area (Å²) < 4.78 is 0. The second-order valence-corrected chi connectivity index (χ2v) is 5.27. The number of thioether (sulfide) groups is 1. The summed E-state index contributed by atoms with van der Waals surface area (Å²) in [5.41, 5.74) is 0. The molecule has 2 aliphatic rings. The molecule has 0 bridgehead atoms. The first-order chi connectivity index (χ1) is 6.79. The Kier molecular flexibility index (Phi) is 3.34. The van der Waals surface area contributed by atoms with Crippen LogP contribution in [-0.2, 0) is 4.79 Å². The Morgan fingerprint density at radius 1 is 1.57 bits per heavy atom. The van der Waals surface area contributed by atoms with Crippen molar-refractivity contribution in [2.24, 2.45) is 0 Å². The van der Waals surface area contributed by atoms with E-state index in [0.29, 0.717) is 18.0 Å². The van der Waals surface area contributed by atoms with Gasteiger partial charge in [0.1, 0.15) is 0 Å². The molecule has 2 aliphatic heterocycles. The third-order valence-electron chi connectivity index (χ3n) is 3.01. The quantitative estimate of drug-likeness (QED) is 0.697. The molecule has 2 atom stereocenters. The fourth-order valence-corrected chi connectivity index (χ4v) is 3.30. The van der Waals surface area contributed by atoms with E-state index >= 15 is 0 Å². The second kappa shape index (κ2) is 4.53. The lowest BCUT2D eigenvalue weighted by atomic mass is 10.1. The van der Waals surface area contributed by atoms with Crippen molar-refractivity contribution in [3.05, 3.63) is 0 Å². The van der Waals surface area contributed by atoms with Crippen molar-refractivity contribution >= 4 is 17.7 Å². The van der Waals surface area contributed by atoms with Crippen molar-refractivity contribution in [2.75, 3.05) is 24.6 Å². The summed E-state index contributed by atoms with van der Waals surface area (Å²) in [6, 6.07) is 0.871. The van der Waals surface area contributed by atoms with Gasteiger partial charge < -0.3 is 10.2 Å². The number of carbonyl (C=O) groups is 1. The molecule has 1 N–H and O–H groups in total. The Morgan fingerprint density at radius 3 is 3.14 bits per heavy atom. The maximum absolute atomic E-state index is 11.9. The van der Waals surface area contributed by atoms with Crippen LogP contribution in [0, 0.1) is 0 Å². The van der Waals surface area contributed by atoms with Gasteiger partial charge in [0.2, 0.25) is 5.91 Å². The molecule has 0 radical (unpaired) electrons. The fraction of sp³-hybridized carbons (Fsp3) is 0.900. The van der Waals surface area contributed by atoms with Crippen LogP contribution in [0.4, 0.5) is 0 Å². The molecule has 14 heavy (non-hydrogen) atoms. The SMILES string of the molecule is CC1CSCCC(=O)N1C1CCNC1. The van der Waals surface area contributed by atoms with Crippen LogP contribution in [-0.4, -0.2) is 47.5 Å². The highest BCUT2D eigenvalue weighted by atomic mass is 32.2. The van der Waals surface area contributed by atoms with Crippen molar-refractivity contribution in [1.29, 1.82) is 0 Å². The molecule has 3 nitrogen and oxygen atoms in total. The van der Waals surface area contributed by atoms with Crippen molar-refractivity contribution in [3.8, 4) is 0 Å². The van der Waals surface area contributed by atoms with Crippen LogP contribution >= 0.6 is 11.8 Å². The summed E-state index contributed by atoms with van der Waals surface area (Å²) in [5.74, 6) is 2.46. The Morgan fingerprint density at radius 2 is 2.43 bits per heavy atom. The molecule has 2 heterocycles. The molecule has 2 rings (SSSR count). The van der Waals surface area contributed by atoms with Crippen molar-refractivity contribution in [1.82, 2.24) is 10.2 Å². The van der Waals surface area contributed by atoms with Gasteiger partial charge in [0, 0.05) is 36.6 Å². The smallest absolute Gasteiger partial charge is 0.223 e. The van der Waals surface area contributed by atoms with Crippen molar-refractivity contribution in [3.63, 3.8) is 0 Å². The fourth-order valence-electron chi connectivity index (χ4n) is 2.31. The molecule has 0 aromatic rings. The molecular weight excluding hydrogens is 196 g/mol. The minimum Gasteiger partial charge on any atom is -0.335 e. The number of carbonyl (C=O) groups excluding carboxylic acids is 1. The largest absolute Gasteiger partial charge is 0.335 e. The molecule has 1 amide bonds. The standard InChI is InChI=1S/C10H18N2OS/c1-8-7-14-5-3-10(13)12(8)9-2-4-11-6-9/h8-9,11H,2-7H2,1H3. The number of amides is 1. The first kappa shape index (κ1) is 10.3. The lowest BCUT2D eigenvalue weighted by molar-refractivity contribution is -0.134. The van der Waals surface area contributed by atoms with Gasteiger partial charge in [0.15, 0.2) is 0 Å². The van der Waals surface area contributed by atoms with E-state index in [1.165, 1.54) is 0 Å². The minimum atomic E-state index is 0.358. The number of hydrogen-bond acceptors (Lipinski definition) is 3. The summed E-state index contributed by atoms with van der Waals surface area (Å²) in [5, 5.41) is 3.33. The minimum absolute atomic E-state index is 0.358. The predicted octanol–water partition coefficient (Wildman–Crippen LogP) is 0.702. The Bertz CT molecular complexity index is 216. The van der Waals surface area contributed by atoms with Crippen LogP contribution in [0.5, 0.6) is 0 Å². The van der Waals surface area contributed by atoms with Crippen molar-refractivity contribution < 1.29 is 4.79 Å². The molecule has 2 saturated heterocycles. The van der Waals surface area contributed by atoms with Gasteiger partial charge in [-0.25, -0.2) is 0 Å². The number of nitrogens with one attached hydrogen (secondary N) is 1. The van der Waals surface area contributed by atoms with Gasteiger partial charge in [-0.1, -0.05) is 0 Å². The van der Waals surface area contributed by atoms with Crippen LogP contribution in [0.15, 0.2) is 0 Å². The maximum atomic E-state index is 11.9. The zero-order chi connectivity index (χ0) is 9.97. The van der Waals surface area contributed by atoms with Crippen molar-refractivity contribution in [2.45, 2.75) is 31.8 Å². The molecular formula is C10H18N2OS. The molecule has 0 aromatic carbocycles. The summed E-state index contributed by atoms with van der Waals surface area (Å²) in [7, 11) is 0. The summed E-state index contributed by atoms with van der Waals surface area (Å²) in [4.78, 5) is 14.0. The van der Waals surface area contributed by atoms with Crippen LogP contribution in [0.25, 0.3) is 0 Å². The van der Waals surface area contributed by atoms with E-state index in [2.05, 4.69) is 17.1 Å². The van der Waals surface area contributed by atoms with E-state index < -0.39 is 0 Å². The summed E-state index contributed by atoms with van der Waals surface area (Å²) in [6.07, 6.45) is 1.85. The van der Waals surface area contributed by atoms with Crippen LogP contribution in [0.2, 0.25) is 0 Å². The molecule has 0 saturated carbocycles. The molecule has 0 aliphatic carbocycles. The lowest BCUT2D eigenvalue weighted by Crippen LogP contribution is -2.47. The normalized spacial score (nSPS) is 34.6. The number of rotatable bonds is 1. The van der Waals surface area contributed by atoms with Gasteiger partial charge in [-0.3, -0.25) is 4.79 Å². The third kappa shape index (κ3) is 2.06. The van der Waals surface area contributed by atoms with E-state index in [-0.39, 0.29) is 0 Å². The zero-order valence-electron chi connectivity index (χ0n) is 8.66. The zero-order valence-corrected chi connectivity index (χ0v) is 9.48. The van der Waals surface area contributed by atoms with Crippen LogP contribution in [0.1, 0.15) is 19.8 Å². The molecule has 2 fully saturated rings. The van der Waals surface area contributed by atoms with E-state index in [4.69, 9.17) is 0 Å². The molecule has 80 valence electrons. The summed E-state index contributed by atoms with van der Waals surface area (Å²) >= 11 is 1.91. The van der Waals surface area contributed by atoms with Gasteiger partial charge in [0.05, 0.1) is 0 Å². The Balaban J connectivity index is 2.06. The van der Waals surface area contributed by atoms with E-state index in [9.17, 15) is 4.79 Å². The monoisotopic (exact) mass is 214 g/mol. The lowest BCUT2D eigenvalue weighted by Gasteiger charge is -2.32. The third-order valence-corrected chi connectivity index (χ3v) is 4.22. The maximum Gasteiger partial charge on any atom is 0.223 e. The van der Waals surface area contributed by atoms with E-state index in [1.54, 1.807) is 0 Å². The topological polar surface area (TPSA) is 32.3 Å². The molecule has 0 aromatic heterocycles. The first-order valence-electron chi connectivity index (χ1n) is 5.38. The van der Waals surface area contributed by atoms with E-state index in [0.717, 1.165) is 37.4 Å². The van der Waals surface area contributed by atoms with E-state index in [1.807, 2.05) is 11.8 Å². The Hall–Kier alpha value is -0.220. The number of hydrogen-bond donors (Lipinski definition) is 1. The van der Waals surface area contributed by atoms with Crippen LogP contribution < -0.4 is 5.32 Å². The highest BCUT2D eigenvalue weighted by Gasteiger charge is 2.31. The van der Waals surface area contributed by atoms with Gasteiger partial charge >= 0.3 is 0 Å². The first-order valence-corrected chi connectivity index (χ1v) is 6.54. The predicted molar refractivity (Wildman–Crippen MR) is 59.5 cm³/mol. The average Bonchev–Trinajstić information content (AvgIpc) is 2.61. The molecule has 0 spiro atoms. The highest BCUT2D eigenvalue weighted by Crippen LogP contribution is 2.21. The molecule has 2 unspecified atom stereocenters. The highest BCUT2D eigenvalue weighted by molar-refractivity contribution is 7.99. The molecule has 4 heteroatoms. The van der Waals surface area contributed by atoms with Gasteiger partial charge in [-0.2, -0.15) is 11.8 Å². The Labute approximate surface area is 89.6 Å². The summed E-state index contributed by atoms with van der Waals surface area (Å²) in [6.45, 7) is 4.23. The average molecular weight is 214 g/mol.